The first kappa shape index (κ1) is 12.5. The number of hydrogen-bond acceptors (Lipinski definition) is 5. The minimum Gasteiger partial charge on any atom is -0.351 e. The first-order chi connectivity index (χ1) is 9.74. The molecule has 0 saturated carbocycles. The first-order valence-corrected chi connectivity index (χ1v) is 6.54. The van der Waals surface area contributed by atoms with Crippen LogP contribution in [0.5, 0.6) is 0 Å². The van der Waals surface area contributed by atoms with Crippen LogP contribution >= 0.6 is 11.3 Å². The van der Waals surface area contributed by atoms with E-state index in [9.17, 15) is 9.18 Å². The molecule has 2 aromatic heterocycles. The van der Waals surface area contributed by atoms with Crippen molar-refractivity contribution in [2.75, 3.05) is 5.32 Å². The summed E-state index contributed by atoms with van der Waals surface area (Å²) in [5.74, 6) is -0.713. The Morgan fingerprint density at radius 1 is 1.30 bits per heavy atom. The van der Waals surface area contributed by atoms with Gasteiger partial charge in [-0.15, -0.1) is 11.3 Å². The number of carbonyl (C=O) groups is 1. The number of hydrogen-bond donors (Lipinski definition) is 1. The first-order valence-electron chi connectivity index (χ1n) is 5.66. The summed E-state index contributed by atoms with van der Waals surface area (Å²) in [6.45, 7) is 0. The summed E-state index contributed by atoms with van der Waals surface area (Å²) in [5.41, 5.74) is 0.866. The minimum atomic E-state index is -0.447. The van der Waals surface area contributed by atoms with E-state index in [0.29, 0.717) is 16.4 Å². The zero-order chi connectivity index (χ0) is 13.9. The summed E-state index contributed by atoms with van der Waals surface area (Å²) in [6.07, 6.45) is 1.38. The summed E-state index contributed by atoms with van der Waals surface area (Å²) in [5, 5.41) is 8.05. The summed E-state index contributed by atoms with van der Waals surface area (Å²) in [4.78, 5) is 15.9. The normalized spacial score (nSPS) is 10.4. The lowest BCUT2D eigenvalue weighted by molar-refractivity contribution is 0.0988. The highest BCUT2D eigenvalue weighted by atomic mass is 32.1. The number of nitrogens with zero attached hydrogens (tertiary/aromatic N) is 2. The predicted octanol–water partition coefficient (Wildman–Crippen LogP) is 3.19. The summed E-state index contributed by atoms with van der Waals surface area (Å²) in [6, 6.07) is 7.77. The number of carbonyl (C=O) groups excluding carboxylic acids is 1. The molecular formula is C13H8FN3O2S. The number of aromatic nitrogens is 2. The van der Waals surface area contributed by atoms with E-state index in [1.165, 1.54) is 29.7 Å². The maximum Gasteiger partial charge on any atom is 0.296 e. The van der Waals surface area contributed by atoms with Crippen molar-refractivity contribution >= 4 is 22.4 Å². The molecule has 0 unspecified atom stereocenters. The number of anilines is 1. The molecule has 0 aliphatic rings. The molecule has 5 nitrogen and oxygen atoms in total. The van der Waals surface area contributed by atoms with Gasteiger partial charge in [0.2, 0.25) is 5.76 Å². The van der Waals surface area contributed by atoms with Crippen LogP contribution in [-0.2, 0) is 0 Å². The molecule has 0 saturated heterocycles. The highest BCUT2D eigenvalue weighted by Crippen LogP contribution is 2.26. The van der Waals surface area contributed by atoms with E-state index in [-0.39, 0.29) is 11.6 Å². The molecule has 0 aliphatic carbocycles. The second-order valence-electron chi connectivity index (χ2n) is 3.85. The van der Waals surface area contributed by atoms with Gasteiger partial charge in [0.05, 0.1) is 11.9 Å². The molecular weight excluding hydrogens is 281 g/mol. The number of halogens is 1. The third kappa shape index (κ3) is 2.43. The van der Waals surface area contributed by atoms with Gasteiger partial charge >= 0.3 is 0 Å². The molecule has 1 amide bonds. The standard InChI is InChI=1S/C13H8FN3O2S/c14-9-4-2-1-3-8(9)10-7-20-13(16-10)17-12(18)11-5-6-15-19-11/h1-7H,(H,16,17,18). The second kappa shape index (κ2) is 5.22. The van der Waals surface area contributed by atoms with E-state index >= 15 is 0 Å². The van der Waals surface area contributed by atoms with Gasteiger partial charge in [-0.2, -0.15) is 0 Å². The Kier molecular flexibility index (Phi) is 3.26. The molecule has 2 heterocycles. The van der Waals surface area contributed by atoms with Crippen LogP contribution in [0, 0.1) is 5.82 Å². The zero-order valence-electron chi connectivity index (χ0n) is 10.0. The van der Waals surface area contributed by atoms with Crippen LogP contribution in [0.15, 0.2) is 46.4 Å². The Bertz CT molecular complexity index is 740. The van der Waals surface area contributed by atoms with Gasteiger partial charge in [-0.1, -0.05) is 17.3 Å². The van der Waals surface area contributed by atoms with E-state index < -0.39 is 5.91 Å². The lowest BCUT2D eigenvalue weighted by Crippen LogP contribution is -2.10. The van der Waals surface area contributed by atoms with Gasteiger partial charge in [0.25, 0.3) is 5.91 Å². The van der Waals surface area contributed by atoms with Crippen LogP contribution in [0.25, 0.3) is 11.3 Å². The fourth-order valence-electron chi connectivity index (χ4n) is 1.62. The van der Waals surface area contributed by atoms with Gasteiger partial charge in [-0.25, -0.2) is 9.37 Å². The van der Waals surface area contributed by atoms with Crippen molar-refractivity contribution in [3.8, 4) is 11.3 Å². The fraction of sp³-hybridized carbons (Fsp3) is 0. The molecule has 1 aromatic carbocycles. The lowest BCUT2D eigenvalue weighted by Gasteiger charge is -1.98. The molecule has 20 heavy (non-hydrogen) atoms. The van der Waals surface area contributed by atoms with Gasteiger partial charge in [-0.3, -0.25) is 10.1 Å². The average Bonchev–Trinajstić information content (AvgIpc) is 3.10. The van der Waals surface area contributed by atoms with Gasteiger partial charge < -0.3 is 4.52 Å². The highest BCUT2D eigenvalue weighted by Gasteiger charge is 2.13. The maximum absolute atomic E-state index is 13.6. The number of benzene rings is 1. The molecule has 0 spiro atoms. The molecule has 0 fully saturated rings. The highest BCUT2D eigenvalue weighted by molar-refractivity contribution is 7.14. The molecule has 0 atom stereocenters. The van der Waals surface area contributed by atoms with Crippen LogP contribution in [0.4, 0.5) is 9.52 Å². The van der Waals surface area contributed by atoms with Crippen LogP contribution in [0.3, 0.4) is 0 Å². The Balaban J connectivity index is 1.81. The monoisotopic (exact) mass is 289 g/mol. The summed E-state index contributed by atoms with van der Waals surface area (Å²) < 4.78 is 18.4. The van der Waals surface area contributed by atoms with Crippen LogP contribution in [0.2, 0.25) is 0 Å². The third-order valence-corrected chi connectivity index (χ3v) is 3.29. The van der Waals surface area contributed by atoms with E-state index in [2.05, 4.69) is 15.5 Å². The molecule has 100 valence electrons. The molecule has 3 aromatic rings. The van der Waals surface area contributed by atoms with E-state index in [1.54, 1.807) is 23.6 Å². The Labute approximate surface area is 117 Å². The van der Waals surface area contributed by atoms with E-state index in [1.807, 2.05) is 0 Å². The number of nitrogens with one attached hydrogen (secondary N) is 1. The number of thiazole rings is 1. The fourth-order valence-corrected chi connectivity index (χ4v) is 2.32. The van der Waals surface area contributed by atoms with Crippen molar-refractivity contribution in [2.24, 2.45) is 0 Å². The Hall–Kier alpha value is -2.54. The molecule has 3 rings (SSSR count). The Morgan fingerprint density at radius 3 is 2.90 bits per heavy atom. The predicted molar refractivity (Wildman–Crippen MR) is 72.0 cm³/mol. The quantitative estimate of drug-likeness (QED) is 0.804. The van der Waals surface area contributed by atoms with Crippen molar-refractivity contribution in [3.63, 3.8) is 0 Å². The van der Waals surface area contributed by atoms with Crippen LogP contribution < -0.4 is 5.32 Å². The minimum absolute atomic E-state index is 0.0904. The second-order valence-corrected chi connectivity index (χ2v) is 4.71. The SMILES string of the molecule is O=C(Nc1nc(-c2ccccc2F)cs1)c1ccno1. The van der Waals surface area contributed by atoms with Gasteiger partial charge in [-0.05, 0) is 12.1 Å². The Morgan fingerprint density at radius 2 is 2.15 bits per heavy atom. The number of rotatable bonds is 3. The van der Waals surface area contributed by atoms with Crippen molar-refractivity contribution in [1.82, 2.24) is 10.1 Å². The van der Waals surface area contributed by atoms with Gasteiger partial charge in [0.15, 0.2) is 5.13 Å². The average molecular weight is 289 g/mol. The summed E-state index contributed by atoms with van der Waals surface area (Å²) in [7, 11) is 0. The van der Waals surface area contributed by atoms with Crippen molar-refractivity contribution in [1.29, 1.82) is 0 Å². The smallest absolute Gasteiger partial charge is 0.296 e. The van der Waals surface area contributed by atoms with Gasteiger partial charge in [0.1, 0.15) is 5.82 Å². The van der Waals surface area contributed by atoms with Crippen LogP contribution in [-0.4, -0.2) is 16.0 Å². The van der Waals surface area contributed by atoms with Gasteiger partial charge in [0, 0.05) is 17.0 Å². The van der Waals surface area contributed by atoms with E-state index in [0.717, 1.165) is 0 Å². The zero-order valence-corrected chi connectivity index (χ0v) is 10.9. The molecule has 7 heteroatoms. The molecule has 0 aliphatic heterocycles. The molecule has 0 radical (unpaired) electrons. The number of amides is 1. The molecule has 1 N–H and O–H groups in total. The van der Waals surface area contributed by atoms with Crippen molar-refractivity contribution in [2.45, 2.75) is 0 Å². The molecule has 0 bridgehead atoms. The third-order valence-electron chi connectivity index (χ3n) is 2.54. The topological polar surface area (TPSA) is 68.0 Å². The maximum atomic E-state index is 13.6. The van der Waals surface area contributed by atoms with Crippen molar-refractivity contribution in [3.05, 3.63) is 53.5 Å². The lowest BCUT2D eigenvalue weighted by atomic mass is 10.2. The van der Waals surface area contributed by atoms with E-state index in [4.69, 9.17) is 4.52 Å². The summed E-state index contributed by atoms with van der Waals surface area (Å²) >= 11 is 1.21. The largest absolute Gasteiger partial charge is 0.351 e. The van der Waals surface area contributed by atoms with Crippen LogP contribution in [0.1, 0.15) is 10.6 Å². The van der Waals surface area contributed by atoms with Crippen molar-refractivity contribution < 1.29 is 13.7 Å².